The average molecular weight is 296 g/mol. The van der Waals surface area contributed by atoms with Crippen LogP contribution in [-0.4, -0.2) is 32.6 Å². The van der Waals surface area contributed by atoms with Crippen LogP contribution in [0.25, 0.3) is 0 Å². The molecule has 0 aliphatic heterocycles. The second-order valence-corrected chi connectivity index (χ2v) is 7.84. The van der Waals surface area contributed by atoms with Gasteiger partial charge in [0.05, 0.1) is 0 Å². The lowest BCUT2D eigenvalue weighted by molar-refractivity contribution is 0.290. The van der Waals surface area contributed by atoms with E-state index in [1.54, 1.807) is 11.8 Å². The van der Waals surface area contributed by atoms with Gasteiger partial charge in [0, 0.05) is 17.3 Å². The monoisotopic (exact) mass is 296 g/mol. The Hall–Kier alpha value is -0.750. The van der Waals surface area contributed by atoms with Crippen LogP contribution in [0.2, 0.25) is 0 Å². The van der Waals surface area contributed by atoms with Gasteiger partial charge in [-0.2, -0.15) is 0 Å². The van der Waals surface area contributed by atoms with E-state index in [0.717, 1.165) is 24.5 Å². The highest BCUT2D eigenvalue weighted by Gasteiger charge is 2.43. The minimum Gasteiger partial charge on any atom is -0.313 e. The maximum atomic E-state index is 11.8. The summed E-state index contributed by atoms with van der Waals surface area (Å²) in [7, 11) is 0. The highest BCUT2D eigenvalue weighted by molar-refractivity contribution is 7.99. The summed E-state index contributed by atoms with van der Waals surface area (Å²) < 4.78 is 1.86. The summed E-state index contributed by atoms with van der Waals surface area (Å²) >= 11 is 1.78. The van der Waals surface area contributed by atoms with Gasteiger partial charge in [0.2, 0.25) is 0 Å². The highest BCUT2D eigenvalue weighted by Crippen LogP contribution is 2.45. The first kappa shape index (κ1) is 14.2. The molecule has 0 amide bonds. The standard InChI is InChI=1S/C14H24N4OS/c1-4-15-11-10(7-8-14(11,2)3)20-13-17-16-12(19)18(13)9-5-6-9/h9-11,15H,4-8H2,1-3H3,(H,16,19). The Kier molecular flexibility index (Phi) is 3.71. The molecular formula is C14H24N4OS. The van der Waals surface area contributed by atoms with Crippen molar-refractivity contribution >= 4 is 11.8 Å². The average Bonchev–Trinajstić information content (AvgIpc) is 3.11. The number of aromatic amines is 1. The fourth-order valence-corrected chi connectivity index (χ4v) is 4.81. The van der Waals surface area contributed by atoms with Gasteiger partial charge in [-0.15, -0.1) is 5.10 Å². The van der Waals surface area contributed by atoms with E-state index in [9.17, 15) is 4.79 Å². The highest BCUT2D eigenvalue weighted by atomic mass is 32.2. The van der Waals surface area contributed by atoms with Gasteiger partial charge in [-0.3, -0.25) is 4.57 Å². The SMILES string of the molecule is CCNC1C(Sc2n[nH]c(=O)n2C2CC2)CCC1(C)C. The zero-order chi connectivity index (χ0) is 14.3. The van der Waals surface area contributed by atoms with Gasteiger partial charge < -0.3 is 5.32 Å². The molecule has 2 fully saturated rings. The zero-order valence-electron chi connectivity index (χ0n) is 12.5. The van der Waals surface area contributed by atoms with E-state index in [0.29, 0.717) is 22.7 Å². The van der Waals surface area contributed by atoms with Gasteiger partial charge in [-0.25, -0.2) is 9.89 Å². The Morgan fingerprint density at radius 3 is 2.85 bits per heavy atom. The fourth-order valence-electron chi connectivity index (χ4n) is 3.26. The topological polar surface area (TPSA) is 62.7 Å². The minimum absolute atomic E-state index is 0.0488. The first-order valence-corrected chi connectivity index (χ1v) is 8.48. The summed E-state index contributed by atoms with van der Waals surface area (Å²) in [5.41, 5.74) is 0.265. The molecule has 2 N–H and O–H groups in total. The number of aromatic nitrogens is 3. The van der Waals surface area contributed by atoms with E-state index in [-0.39, 0.29) is 5.69 Å². The summed E-state index contributed by atoms with van der Waals surface area (Å²) in [5, 5.41) is 11.9. The molecule has 2 aliphatic carbocycles. The third-order valence-electron chi connectivity index (χ3n) is 4.55. The lowest BCUT2D eigenvalue weighted by atomic mass is 9.87. The molecule has 0 saturated heterocycles. The summed E-state index contributed by atoms with van der Waals surface area (Å²) in [4.78, 5) is 11.8. The minimum atomic E-state index is -0.0488. The van der Waals surface area contributed by atoms with E-state index in [1.807, 2.05) is 4.57 Å². The number of nitrogens with one attached hydrogen (secondary N) is 2. The van der Waals surface area contributed by atoms with Crippen molar-refractivity contribution in [3.63, 3.8) is 0 Å². The van der Waals surface area contributed by atoms with E-state index >= 15 is 0 Å². The van der Waals surface area contributed by atoms with Gasteiger partial charge in [0.1, 0.15) is 0 Å². The van der Waals surface area contributed by atoms with Crippen LogP contribution in [0.1, 0.15) is 52.5 Å². The second kappa shape index (κ2) is 5.22. The van der Waals surface area contributed by atoms with E-state index < -0.39 is 0 Å². The van der Waals surface area contributed by atoms with Crippen molar-refractivity contribution in [1.29, 1.82) is 0 Å². The molecule has 2 unspecified atom stereocenters. The molecule has 1 aromatic heterocycles. The quantitative estimate of drug-likeness (QED) is 0.874. The largest absolute Gasteiger partial charge is 0.344 e. The summed E-state index contributed by atoms with van der Waals surface area (Å²) in [5.74, 6) is 0. The number of nitrogens with zero attached hydrogens (tertiary/aromatic N) is 2. The summed E-state index contributed by atoms with van der Waals surface area (Å²) in [6, 6.07) is 0.868. The van der Waals surface area contributed by atoms with E-state index in [1.165, 1.54) is 12.8 Å². The molecule has 0 bridgehead atoms. The molecule has 3 rings (SSSR count). The van der Waals surface area contributed by atoms with Crippen LogP contribution >= 0.6 is 11.8 Å². The molecule has 0 spiro atoms. The van der Waals surface area contributed by atoms with E-state index in [4.69, 9.17) is 0 Å². The number of H-pyrrole nitrogens is 1. The van der Waals surface area contributed by atoms with Crippen LogP contribution in [0.3, 0.4) is 0 Å². The van der Waals surface area contributed by atoms with Crippen molar-refractivity contribution in [3.8, 4) is 0 Å². The van der Waals surface area contributed by atoms with Gasteiger partial charge in [-0.1, -0.05) is 32.5 Å². The molecule has 1 aromatic rings. The van der Waals surface area contributed by atoms with Crippen LogP contribution in [0.15, 0.2) is 9.95 Å². The molecule has 1 heterocycles. The Morgan fingerprint density at radius 2 is 2.20 bits per heavy atom. The zero-order valence-corrected chi connectivity index (χ0v) is 13.3. The van der Waals surface area contributed by atoms with Crippen molar-refractivity contribution in [2.24, 2.45) is 5.41 Å². The predicted molar refractivity (Wildman–Crippen MR) is 81.2 cm³/mol. The fraction of sp³-hybridized carbons (Fsp3) is 0.857. The maximum Gasteiger partial charge on any atom is 0.344 e. The Bertz CT molecular complexity index is 532. The van der Waals surface area contributed by atoms with Gasteiger partial charge in [0.15, 0.2) is 5.16 Å². The van der Waals surface area contributed by atoms with Crippen molar-refractivity contribution in [3.05, 3.63) is 10.5 Å². The first-order chi connectivity index (χ1) is 9.53. The van der Waals surface area contributed by atoms with Crippen LogP contribution in [-0.2, 0) is 0 Å². The second-order valence-electron chi connectivity index (χ2n) is 6.63. The molecule has 112 valence electrons. The van der Waals surface area contributed by atoms with Crippen molar-refractivity contribution in [2.45, 2.75) is 68.9 Å². The van der Waals surface area contributed by atoms with Crippen LogP contribution in [0, 0.1) is 5.41 Å². The van der Waals surface area contributed by atoms with Gasteiger partial charge in [-0.05, 0) is 37.6 Å². The van der Waals surface area contributed by atoms with Gasteiger partial charge in [0.25, 0.3) is 0 Å². The van der Waals surface area contributed by atoms with Crippen LogP contribution in [0.5, 0.6) is 0 Å². The third kappa shape index (κ3) is 2.55. The normalized spacial score (nSPS) is 28.9. The Balaban J connectivity index is 1.79. The molecule has 2 atom stereocenters. The van der Waals surface area contributed by atoms with Gasteiger partial charge >= 0.3 is 5.69 Å². The smallest absolute Gasteiger partial charge is 0.313 e. The van der Waals surface area contributed by atoms with E-state index in [2.05, 4.69) is 36.3 Å². The number of hydrogen-bond acceptors (Lipinski definition) is 4. The number of rotatable bonds is 5. The predicted octanol–water partition coefficient (Wildman–Crippen LogP) is 2.17. The molecule has 0 radical (unpaired) electrons. The number of thioether (sulfide) groups is 1. The molecule has 5 nitrogen and oxygen atoms in total. The molecule has 6 heteroatoms. The molecule has 2 saturated carbocycles. The number of hydrogen-bond donors (Lipinski definition) is 2. The molecule has 0 aromatic carbocycles. The third-order valence-corrected chi connectivity index (χ3v) is 5.86. The Morgan fingerprint density at radius 1 is 1.45 bits per heavy atom. The Labute approximate surface area is 123 Å². The van der Waals surface area contributed by atoms with Crippen molar-refractivity contribution in [1.82, 2.24) is 20.1 Å². The summed E-state index contributed by atoms with van der Waals surface area (Å²) in [6.07, 6.45) is 4.63. The van der Waals surface area contributed by atoms with Crippen molar-refractivity contribution in [2.75, 3.05) is 6.54 Å². The maximum absolute atomic E-state index is 11.8. The summed E-state index contributed by atoms with van der Waals surface area (Å²) in [6.45, 7) is 7.81. The van der Waals surface area contributed by atoms with Crippen LogP contribution < -0.4 is 11.0 Å². The lowest BCUT2D eigenvalue weighted by Gasteiger charge is -2.31. The van der Waals surface area contributed by atoms with Crippen molar-refractivity contribution < 1.29 is 0 Å². The molecule has 20 heavy (non-hydrogen) atoms. The molecular weight excluding hydrogens is 272 g/mol. The first-order valence-electron chi connectivity index (χ1n) is 7.60. The van der Waals surface area contributed by atoms with Crippen LogP contribution in [0.4, 0.5) is 0 Å². The molecule has 2 aliphatic rings. The lowest BCUT2D eigenvalue weighted by Crippen LogP contribution is -2.43.